The Balaban J connectivity index is 2.50. The highest BCUT2D eigenvalue weighted by atomic mass is 14.1. The lowest BCUT2D eigenvalue weighted by atomic mass is 9.96. The third-order valence-corrected chi connectivity index (χ3v) is 3.30. The van der Waals surface area contributed by atoms with Crippen molar-refractivity contribution < 1.29 is 0 Å². The Hall–Kier alpha value is -2.34. The van der Waals surface area contributed by atoms with Gasteiger partial charge in [-0.25, -0.2) is 0 Å². The first-order chi connectivity index (χ1) is 9.76. The molecular formula is C20H20. The van der Waals surface area contributed by atoms with Crippen LogP contribution < -0.4 is 0 Å². The van der Waals surface area contributed by atoms with E-state index >= 15 is 0 Å². The van der Waals surface area contributed by atoms with Gasteiger partial charge in [-0.05, 0) is 47.7 Å². The summed E-state index contributed by atoms with van der Waals surface area (Å²) in [6, 6.07) is 17.1. The molecule has 0 unspecified atom stereocenters. The zero-order chi connectivity index (χ0) is 14.4. The average molecular weight is 260 g/mol. The van der Waals surface area contributed by atoms with Gasteiger partial charge in [0.1, 0.15) is 0 Å². The van der Waals surface area contributed by atoms with Gasteiger partial charge in [-0.3, -0.25) is 0 Å². The molecule has 0 aliphatic carbocycles. The van der Waals surface area contributed by atoms with Crippen LogP contribution in [0, 0.1) is 6.92 Å². The van der Waals surface area contributed by atoms with Crippen molar-refractivity contribution in [2.24, 2.45) is 0 Å². The molecule has 2 aromatic carbocycles. The molecule has 0 heteroatoms. The summed E-state index contributed by atoms with van der Waals surface area (Å²) in [5.41, 5.74) is 6.22. The third-order valence-electron chi connectivity index (χ3n) is 3.30. The Morgan fingerprint density at radius 2 is 1.85 bits per heavy atom. The lowest BCUT2D eigenvalue weighted by Crippen LogP contribution is -1.86. The molecule has 2 aromatic rings. The van der Waals surface area contributed by atoms with E-state index < -0.39 is 0 Å². The topological polar surface area (TPSA) is 0 Å². The van der Waals surface area contributed by atoms with Crippen molar-refractivity contribution in [2.45, 2.75) is 13.8 Å². The highest BCUT2D eigenvalue weighted by Gasteiger charge is 2.03. The van der Waals surface area contributed by atoms with Crippen molar-refractivity contribution in [2.75, 3.05) is 0 Å². The molecule has 0 aliphatic rings. The van der Waals surface area contributed by atoms with Crippen molar-refractivity contribution in [3.8, 4) is 11.1 Å². The maximum atomic E-state index is 3.79. The predicted molar refractivity (Wildman–Crippen MR) is 89.6 cm³/mol. The van der Waals surface area contributed by atoms with Crippen LogP contribution in [0.3, 0.4) is 0 Å². The van der Waals surface area contributed by atoms with Crippen LogP contribution in [0.15, 0.2) is 79.4 Å². The summed E-state index contributed by atoms with van der Waals surface area (Å²) < 4.78 is 0. The summed E-state index contributed by atoms with van der Waals surface area (Å²) in [5, 5.41) is 0. The van der Waals surface area contributed by atoms with E-state index in [1.165, 1.54) is 27.8 Å². The quantitative estimate of drug-likeness (QED) is 0.609. The fourth-order valence-electron chi connectivity index (χ4n) is 2.32. The molecule has 0 N–H and O–H groups in total. The highest BCUT2D eigenvalue weighted by Crippen LogP contribution is 2.26. The largest absolute Gasteiger partial charge is 0.0990 e. The number of rotatable bonds is 4. The Labute approximate surface area is 121 Å². The third kappa shape index (κ3) is 3.16. The van der Waals surface area contributed by atoms with E-state index in [1.54, 1.807) is 0 Å². The van der Waals surface area contributed by atoms with Gasteiger partial charge in [0.15, 0.2) is 0 Å². The summed E-state index contributed by atoms with van der Waals surface area (Å²) in [6.45, 7) is 7.97. The summed E-state index contributed by atoms with van der Waals surface area (Å²) >= 11 is 0. The van der Waals surface area contributed by atoms with Crippen LogP contribution in [0.1, 0.15) is 18.1 Å². The van der Waals surface area contributed by atoms with Gasteiger partial charge in [0.25, 0.3) is 0 Å². The van der Waals surface area contributed by atoms with Crippen molar-refractivity contribution in [3.05, 3.63) is 90.5 Å². The van der Waals surface area contributed by atoms with Crippen LogP contribution in [-0.2, 0) is 0 Å². The van der Waals surface area contributed by atoms with E-state index in [4.69, 9.17) is 0 Å². The van der Waals surface area contributed by atoms with Gasteiger partial charge in [-0.1, -0.05) is 73.3 Å². The lowest BCUT2D eigenvalue weighted by Gasteiger charge is -2.09. The Kier molecular flexibility index (Phi) is 4.73. The van der Waals surface area contributed by atoms with Crippen LogP contribution in [0.4, 0.5) is 0 Å². The van der Waals surface area contributed by atoms with Gasteiger partial charge in [0.05, 0.1) is 0 Å². The first-order valence-electron chi connectivity index (χ1n) is 6.88. The molecule has 0 amide bonds. The van der Waals surface area contributed by atoms with Crippen molar-refractivity contribution in [1.82, 2.24) is 0 Å². The van der Waals surface area contributed by atoms with E-state index in [1.807, 2.05) is 19.1 Å². The summed E-state index contributed by atoms with van der Waals surface area (Å²) in [5.74, 6) is 0. The van der Waals surface area contributed by atoms with Gasteiger partial charge in [-0.2, -0.15) is 0 Å². The fraction of sp³-hybridized carbons (Fsp3) is 0.100. The van der Waals surface area contributed by atoms with Gasteiger partial charge >= 0.3 is 0 Å². The van der Waals surface area contributed by atoms with Crippen LogP contribution in [0.2, 0.25) is 0 Å². The Bertz CT molecular complexity index is 657. The SMILES string of the molecule is C=C/C=C(\C=C/C)c1cccc(-c2ccccc2C)c1. The van der Waals surface area contributed by atoms with E-state index in [2.05, 4.69) is 74.2 Å². The highest BCUT2D eigenvalue weighted by molar-refractivity contribution is 5.79. The molecule has 0 nitrogen and oxygen atoms in total. The molecule has 0 aliphatic heterocycles. The normalized spacial score (nSPS) is 11.8. The Morgan fingerprint density at radius 3 is 2.55 bits per heavy atom. The number of hydrogen-bond donors (Lipinski definition) is 0. The smallest absolute Gasteiger partial charge is 0.0155 e. The second-order valence-electron chi connectivity index (χ2n) is 4.75. The van der Waals surface area contributed by atoms with Gasteiger partial charge in [0, 0.05) is 0 Å². The molecule has 0 fully saturated rings. The van der Waals surface area contributed by atoms with E-state index in [9.17, 15) is 0 Å². The van der Waals surface area contributed by atoms with Gasteiger partial charge < -0.3 is 0 Å². The average Bonchev–Trinajstić information content (AvgIpc) is 2.48. The first kappa shape index (κ1) is 14.1. The molecule has 0 saturated carbocycles. The summed E-state index contributed by atoms with van der Waals surface area (Å²) in [7, 11) is 0. The fourth-order valence-corrected chi connectivity index (χ4v) is 2.32. The number of benzene rings is 2. The molecule has 0 atom stereocenters. The van der Waals surface area contributed by atoms with E-state index in [-0.39, 0.29) is 0 Å². The van der Waals surface area contributed by atoms with Crippen LogP contribution >= 0.6 is 0 Å². The van der Waals surface area contributed by atoms with E-state index in [0.29, 0.717) is 0 Å². The van der Waals surface area contributed by atoms with E-state index in [0.717, 1.165) is 0 Å². The minimum absolute atomic E-state index is 1.18. The number of hydrogen-bond acceptors (Lipinski definition) is 0. The molecule has 0 spiro atoms. The molecule has 0 aromatic heterocycles. The van der Waals surface area contributed by atoms with Crippen molar-refractivity contribution in [1.29, 1.82) is 0 Å². The second kappa shape index (κ2) is 6.72. The molecule has 0 saturated heterocycles. The second-order valence-corrected chi connectivity index (χ2v) is 4.75. The molecule has 20 heavy (non-hydrogen) atoms. The van der Waals surface area contributed by atoms with Crippen molar-refractivity contribution >= 4 is 5.57 Å². The maximum Gasteiger partial charge on any atom is -0.0155 e. The first-order valence-corrected chi connectivity index (χ1v) is 6.88. The van der Waals surface area contributed by atoms with Gasteiger partial charge in [0.2, 0.25) is 0 Å². The standard InChI is InChI=1S/C20H20/c1-4-9-17(10-5-2)18-12-8-13-19(15-18)20-14-7-6-11-16(20)3/h4-15H,1H2,2-3H3/b10-5-,17-9+. The van der Waals surface area contributed by atoms with Gasteiger partial charge in [-0.15, -0.1) is 0 Å². The summed E-state index contributed by atoms with van der Waals surface area (Å²) in [4.78, 5) is 0. The predicted octanol–water partition coefficient (Wildman–Crippen LogP) is 5.81. The monoisotopic (exact) mass is 260 g/mol. The molecule has 100 valence electrons. The van der Waals surface area contributed by atoms with Crippen LogP contribution in [0.25, 0.3) is 16.7 Å². The molecule has 0 radical (unpaired) electrons. The molecule has 0 bridgehead atoms. The van der Waals surface area contributed by atoms with Crippen LogP contribution in [-0.4, -0.2) is 0 Å². The summed E-state index contributed by atoms with van der Waals surface area (Å²) in [6.07, 6.45) is 8.03. The number of aryl methyl sites for hydroxylation is 1. The minimum Gasteiger partial charge on any atom is -0.0990 e. The number of allylic oxidation sites excluding steroid dienone is 5. The zero-order valence-electron chi connectivity index (χ0n) is 12.1. The lowest BCUT2D eigenvalue weighted by molar-refractivity contribution is 1.45. The molecule has 2 rings (SSSR count). The maximum absolute atomic E-state index is 3.79. The zero-order valence-corrected chi connectivity index (χ0v) is 12.1. The Morgan fingerprint density at radius 1 is 1.05 bits per heavy atom. The molecular weight excluding hydrogens is 240 g/mol. The minimum atomic E-state index is 1.18. The molecule has 0 heterocycles. The van der Waals surface area contributed by atoms with Crippen molar-refractivity contribution in [3.63, 3.8) is 0 Å². The van der Waals surface area contributed by atoms with Crippen LogP contribution in [0.5, 0.6) is 0 Å².